The lowest BCUT2D eigenvalue weighted by atomic mass is 10.0. The van der Waals surface area contributed by atoms with E-state index in [0.717, 1.165) is 0 Å². The van der Waals surface area contributed by atoms with Crippen LogP contribution in [0.25, 0.3) is 0 Å². The fraction of sp³-hybridized carbons (Fsp3) is 0.500. The van der Waals surface area contributed by atoms with Crippen LogP contribution in [-0.4, -0.2) is 34.7 Å². The molecule has 1 rings (SSSR count). The summed E-state index contributed by atoms with van der Waals surface area (Å²) in [4.78, 5) is 33.0. The Hall–Kier alpha value is -2.64. The first-order valence-corrected chi connectivity index (χ1v) is 7.65. The minimum atomic E-state index is -1.22. The van der Waals surface area contributed by atoms with Gasteiger partial charge in [-0.2, -0.15) is 0 Å². The number of benzene rings is 1. The number of aliphatic carboxylic acids is 1. The third-order valence-electron chi connectivity index (χ3n) is 3.43. The van der Waals surface area contributed by atoms with Crippen molar-refractivity contribution in [3.05, 3.63) is 34.4 Å². The number of nitro benzene ring substituents is 1. The second-order valence-corrected chi connectivity index (χ2v) is 5.29. The number of hydrogen-bond acceptors (Lipinski definition) is 6. The normalized spacial score (nSPS) is 12.9. The maximum absolute atomic E-state index is 11.8. The van der Waals surface area contributed by atoms with Gasteiger partial charge in [-0.3, -0.25) is 19.7 Å². The molecule has 0 heterocycles. The standard InChI is InChI=1S/C16H21NO7/c1-3-11(2)24-16(20)14(15(18)19)5-4-10-23-13-8-6-12(7-9-13)17(21)22/h6-9,11,14H,3-5,10H2,1-2H3,(H,18,19). The Morgan fingerprint density at radius 2 is 1.92 bits per heavy atom. The van der Waals surface area contributed by atoms with Crippen molar-refractivity contribution in [2.24, 2.45) is 5.92 Å². The molecule has 0 amide bonds. The first-order valence-electron chi connectivity index (χ1n) is 7.65. The van der Waals surface area contributed by atoms with E-state index >= 15 is 0 Å². The monoisotopic (exact) mass is 339 g/mol. The molecule has 8 heteroatoms. The van der Waals surface area contributed by atoms with Crippen LogP contribution in [0.5, 0.6) is 5.75 Å². The number of carbonyl (C=O) groups is 2. The Kier molecular flexibility index (Phi) is 7.67. The molecule has 132 valence electrons. The van der Waals surface area contributed by atoms with Gasteiger partial charge in [0.1, 0.15) is 5.75 Å². The Morgan fingerprint density at radius 1 is 1.29 bits per heavy atom. The lowest BCUT2D eigenvalue weighted by Crippen LogP contribution is -2.29. The summed E-state index contributed by atoms with van der Waals surface area (Å²) in [7, 11) is 0. The fourth-order valence-corrected chi connectivity index (χ4v) is 1.85. The average molecular weight is 339 g/mol. The predicted molar refractivity (Wildman–Crippen MR) is 84.8 cm³/mol. The van der Waals surface area contributed by atoms with Crippen molar-refractivity contribution in [1.29, 1.82) is 0 Å². The van der Waals surface area contributed by atoms with E-state index in [2.05, 4.69) is 0 Å². The molecule has 0 bridgehead atoms. The van der Waals surface area contributed by atoms with E-state index in [4.69, 9.17) is 14.6 Å². The lowest BCUT2D eigenvalue weighted by molar-refractivity contribution is -0.384. The molecule has 0 saturated heterocycles. The summed E-state index contributed by atoms with van der Waals surface area (Å²) < 4.78 is 10.4. The largest absolute Gasteiger partial charge is 0.494 e. The highest BCUT2D eigenvalue weighted by molar-refractivity contribution is 5.93. The van der Waals surface area contributed by atoms with E-state index < -0.39 is 22.8 Å². The van der Waals surface area contributed by atoms with Crippen molar-refractivity contribution < 1.29 is 29.1 Å². The number of rotatable bonds is 10. The number of carboxylic acids is 1. The number of carboxylic acid groups (broad SMARTS) is 1. The summed E-state index contributed by atoms with van der Waals surface area (Å²) >= 11 is 0. The molecule has 1 aromatic rings. The predicted octanol–water partition coefficient (Wildman–Crippen LogP) is 2.80. The van der Waals surface area contributed by atoms with Crippen molar-refractivity contribution in [2.45, 2.75) is 39.2 Å². The average Bonchev–Trinajstić information content (AvgIpc) is 2.54. The van der Waals surface area contributed by atoms with Gasteiger partial charge in [0.05, 0.1) is 17.6 Å². The highest BCUT2D eigenvalue weighted by atomic mass is 16.6. The Bertz CT molecular complexity index is 570. The van der Waals surface area contributed by atoms with Crippen molar-refractivity contribution in [1.82, 2.24) is 0 Å². The fourth-order valence-electron chi connectivity index (χ4n) is 1.85. The first-order chi connectivity index (χ1) is 11.3. The van der Waals surface area contributed by atoms with E-state index in [-0.39, 0.29) is 24.8 Å². The molecule has 2 atom stereocenters. The van der Waals surface area contributed by atoms with Crippen LogP contribution in [0.15, 0.2) is 24.3 Å². The number of carbonyl (C=O) groups excluding carboxylic acids is 1. The molecule has 24 heavy (non-hydrogen) atoms. The second kappa shape index (κ2) is 9.49. The summed E-state index contributed by atoms with van der Waals surface area (Å²) in [5, 5.41) is 19.7. The molecule has 1 N–H and O–H groups in total. The van der Waals surface area contributed by atoms with Gasteiger partial charge in [-0.05, 0) is 38.3 Å². The first kappa shape index (κ1) is 19.4. The molecule has 0 aliphatic carbocycles. The minimum Gasteiger partial charge on any atom is -0.494 e. The van der Waals surface area contributed by atoms with Crippen molar-refractivity contribution in [3.8, 4) is 5.75 Å². The van der Waals surface area contributed by atoms with Gasteiger partial charge in [0.25, 0.3) is 5.69 Å². The molecule has 1 aromatic carbocycles. The third kappa shape index (κ3) is 6.23. The summed E-state index contributed by atoms with van der Waals surface area (Å²) in [6, 6.07) is 5.56. The smallest absolute Gasteiger partial charge is 0.320 e. The SMILES string of the molecule is CCC(C)OC(=O)C(CCCOc1ccc([N+](=O)[O-])cc1)C(=O)O. The van der Waals surface area contributed by atoms with Crippen LogP contribution in [0.2, 0.25) is 0 Å². The summed E-state index contributed by atoms with van der Waals surface area (Å²) in [5.74, 6) is -2.75. The minimum absolute atomic E-state index is 0.0407. The van der Waals surface area contributed by atoms with Crippen molar-refractivity contribution >= 4 is 17.6 Å². The van der Waals surface area contributed by atoms with E-state index in [1.54, 1.807) is 6.92 Å². The van der Waals surface area contributed by atoms with Crippen LogP contribution in [0.1, 0.15) is 33.1 Å². The van der Waals surface area contributed by atoms with Gasteiger partial charge in [-0.25, -0.2) is 0 Å². The number of hydrogen-bond donors (Lipinski definition) is 1. The van der Waals surface area contributed by atoms with Crippen LogP contribution < -0.4 is 4.74 Å². The van der Waals surface area contributed by atoms with Crippen LogP contribution >= 0.6 is 0 Å². The van der Waals surface area contributed by atoms with Gasteiger partial charge in [0.2, 0.25) is 0 Å². The number of non-ortho nitro benzene ring substituents is 1. The van der Waals surface area contributed by atoms with Crippen LogP contribution in [0.4, 0.5) is 5.69 Å². The van der Waals surface area contributed by atoms with Crippen molar-refractivity contribution in [2.75, 3.05) is 6.61 Å². The quantitative estimate of drug-likeness (QED) is 0.229. The van der Waals surface area contributed by atoms with E-state index in [0.29, 0.717) is 18.6 Å². The number of ether oxygens (including phenoxy) is 2. The molecule has 2 unspecified atom stereocenters. The molecular formula is C16H21NO7. The number of esters is 1. The Morgan fingerprint density at radius 3 is 2.42 bits per heavy atom. The van der Waals surface area contributed by atoms with Gasteiger partial charge in [0, 0.05) is 12.1 Å². The highest BCUT2D eigenvalue weighted by Gasteiger charge is 2.28. The number of nitrogens with zero attached hydrogens (tertiary/aromatic N) is 1. The molecule has 0 spiro atoms. The Labute approximate surface area is 139 Å². The Balaban J connectivity index is 2.44. The molecule has 0 saturated carbocycles. The third-order valence-corrected chi connectivity index (χ3v) is 3.43. The molecule has 8 nitrogen and oxygen atoms in total. The topological polar surface area (TPSA) is 116 Å². The lowest BCUT2D eigenvalue weighted by Gasteiger charge is -2.16. The summed E-state index contributed by atoms with van der Waals surface area (Å²) in [5.41, 5.74) is -0.0407. The van der Waals surface area contributed by atoms with Crippen molar-refractivity contribution in [3.63, 3.8) is 0 Å². The van der Waals surface area contributed by atoms with Crippen LogP contribution in [0, 0.1) is 16.0 Å². The van der Waals surface area contributed by atoms with Crippen LogP contribution in [-0.2, 0) is 14.3 Å². The molecule has 0 fully saturated rings. The maximum atomic E-state index is 11.8. The van der Waals surface area contributed by atoms with E-state index in [9.17, 15) is 19.7 Å². The molecule has 0 radical (unpaired) electrons. The second-order valence-electron chi connectivity index (χ2n) is 5.29. The summed E-state index contributed by atoms with van der Waals surface area (Å²) in [6.45, 7) is 3.73. The zero-order valence-electron chi connectivity index (χ0n) is 13.6. The molecule has 0 aliphatic heterocycles. The van der Waals surface area contributed by atoms with E-state index in [1.807, 2.05) is 6.92 Å². The van der Waals surface area contributed by atoms with Gasteiger partial charge < -0.3 is 14.6 Å². The molecule has 0 aliphatic rings. The summed E-state index contributed by atoms with van der Waals surface area (Å²) in [6.07, 6.45) is 0.721. The zero-order chi connectivity index (χ0) is 18.1. The molecule has 0 aromatic heterocycles. The number of nitro groups is 1. The van der Waals surface area contributed by atoms with Crippen LogP contribution in [0.3, 0.4) is 0 Å². The van der Waals surface area contributed by atoms with Gasteiger partial charge in [0.15, 0.2) is 5.92 Å². The maximum Gasteiger partial charge on any atom is 0.320 e. The van der Waals surface area contributed by atoms with Gasteiger partial charge >= 0.3 is 11.9 Å². The highest BCUT2D eigenvalue weighted by Crippen LogP contribution is 2.18. The molecular weight excluding hydrogens is 318 g/mol. The zero-order valence-corrected chi connectivity index (χ0v) is 13.6. The van der Waals surface area contributed by atoms with E-state index in [1.165, 1.54) is 24.3 Å². The van der Waals surface area contributed by atoms with Gasteiger partial charge in [-0.15, -0.1) is 0 Å². The van der Waals surface area contributed by atoms with Gasteiger partial charge in [-0.1, -0.05) is 6.92 Å².